The fourth-order valence-corrected chi connectivity index (χ4v) is 2.34. The van der Waals surface area contributed by atoms with Crippen molar-refractivity contribution in [1.29, 1.82) is 0 Å². The third kappa shape index (κ3) is 5.27. The van der Waals surface area contributed by atoms with Crippen LogP contribution in [-0.4, -0.2) is 24.7 Å². The van der Waals surface area contributed by atoms with Gasteiger partial charge in [0.2, 0.25) is 0 Å². The molecule has 2 rings (SSSR count). The Morgan fingerprint density at radius 2 is 1.96 bits per heavy atom. The lowest BCUT2D eigenvalue weighted by Crippen LogP contribution is -2.38. The summed E-state index contributed by atoms with van der Waals surface area (Å²) >= 11 is 0. The Morgan fingerprint density at radius 3 is 2.56 bits per heavy atom. The molecule has 0 fully saturated rings. The molecule has 1 aromatic carbocycles. The molecule has 25 heavy (non-hydrogen) atoms. The molecule has 2 aromatic rings. The second-order valence-electron chi connectivity index (χ2n) is 6.25. The normalized spacial score (nSPS) is 13.2. The molecule has 5 nitrogen and oxygen atoms in total. The molecule has 0 saturated carbocycles. The zero-order chi connectivity index (χ0) is 18.4. The summed E-state index contributed by atoms with van der Waals surface area (Å²) in [6.45, 7) is 6.85. The Balaban J connectivity index is 1.87. The predicted octanol–water partition coefficient (Wildman–Crippen LogP) is 3.54. The average molecular weight is 350 g/mol. The van der Waals surface area contributed by atoms with Crippen LogP contribution in [0.15, 0.2) is 33.8 Å². The standard InChI is InChI=1S/C18H24F2N4O/c1-11(2)17-8-14(25-24-17)10-23-18(21-4)22-9-12(3)15-6-5-13(19)7-16(15)20/h5-8,11-12H,9-10H2,1-4H3,(H2,21,22,23). The molecule has 1 aromatic heterocycles. The number of nitrogens with one attached hydrogen (secondary N) is 2. The Morgan fingerprint density at radius 1 is 1.20 bits per heavy atom. The van der Waals surface area contributed by atoms with Crippen LogP contribution >= 0.6 is 0 Å². The summed E-state index contributed by atoms with van der Waals surface area (Å²) in [6, 6.07) is 5.53. The highest BCUT2D eigenvalue weighted by Gasteiger charge is 2.13. The van der Waals surface area contributed by atoms with E-state index in [1.165, 1.54) is 12.1 Å². The van der Waals surface area contributed by atoms with E-state index < -0.39 is 11.6 Å². The van der Waals surface area contributed by atoms with Crippen LogP contribution < -0.4 is 10.6 Å². The van der Waals surface area contributed by atoms with Crippen LogP contribution in [0.3, 0.4) is 0 Å². The summed E-state index contributed by atoms with van der Waals surface area (Å²) in [5, 5.41) is 10.2. The number of aliphatic imine (C=N–C) groups is 1. The van der Waals surface area contributed by atoms with E-state index >= 15 is 0 Å². The molecule has 0 aliphatic rings. The molecular weight excluding hydrogens is 326 g/mol. The summed E-state index contributed by atoms with van der Waals surface area (Å²) in [5.41, 5.74) is 1.36. The Hall–Kier alpha value is -2.44. The topological polar surface area (TPSA) is 62.5 Å². The molecule has 1 atom stereocenters. The Kier molecular flexibility index (Phi) is 6.50. The van der Waals surface area contributed by atoms with E-state index in [1.54, 1.807) is 7.05 Å². The van der Waals surface area contributed by atoms with E-state index in [4.69, 9.17) is 4.52 Å². The van der Waals surface area contributed by atoms with Gasteiger partial charge in [0.25, 0.3) is 0 Å². The van der Waals surface area contributed by atoms with E-state index in [1.807, 2.05) is 26.8 Å². The van der Waals surface area contributed by atoms with Gasteiger partial charge in [-0.1, -0.05) is 32.0 Å². The first kappa shape index (κ1) is 18.9. The van der Waals surface area contributed by atoms with Crippen molar-refractivity contribution in [3.63, 3.8) is 0 Å². The van der Waals surface area contributed by atoms with Gasteiger partial charge in [-0.05, 0) is 17.5 Å². The van der Waals surface area contributed by atoms with E-state index in [9.17, 15) is 8.78 Å². The molecule has 0 bridgehead atoms. The van der Waals surface area contributed by atoms with E-state index in [0.29, 0.717) is 36.3 Å². The first-order valence-electron chi connectivity index (χ1n) is 8.25. The van der Waals surface area contributed by atoms with Gasteiger partial charge in [-0.3, -0.25) is 4.99 Å². The van der Waals surface area contributed by atoms with Gasteiger partial charge in [0.05, 0.1) is 12.2 Å². The molecule has 136 valence electrons. The van der Waals surface area contributed by atoms with E-state index in [2.05, 4.69) is 20.8 Å². The lowest BCUT2D eigenvalue weighted by molar-refractivity contribution is 0.372. The fraction of sp³-hybridized carbons (Fsp3) is 0.444. The number of halogens is 2. The molecule has 7 heteroatoms. The Labute approximate surface area is 146 Å². The number of nitrogens with zero attached hydrogens (tertiary/aromatic N) is 2. The summed E-state index contributed by atoms with van der Waals surface area (Å²) in [6.07, 6.45) is 0. The first-order chi connectivity index (χ1) is 11.9. The third-order valence-corrected chi connectivity index (χ3v) is 3.89. The Bertz CT molecular complexity index is 728. The number of hydrogen-bond acceptors (Lipinski definition) is 3. The van der Waals surface area contributed by atoms with Crippen molar-refractivity contribution in [2.75, 3.05) is 13.6 Å². The summed E-state index contributed by atoms with van der Waals surface area (Å²) < 4.78 is 32.1. The van der Waals surface area contributed by atoms with Crippen LogP contribution in [-0.2, 0) is 6.54 Å². The lowest BCUT2D eigenvalue weighted by Gasteiger charge is -2.16. The number of benzene rings is 1. The second-order valence-corrected chi connectivity index (χ2v) is 6.25. The van der Waals surface area contributed by atoms with Gasteiger partial charge < -0.3 is 15.2 Å². The monoisotopic (exact) mass is 350 g/mol. The predicted molar refractivity (Wildman–Crippen MR) is 93.6 cm³/mol. The maximum Gasteiger partial charge on any atom is 0.191 e. The average Bonchev–Trinajstić information content (AvgIpc) is 3.04. The zero-order valence-corrected chi connectivity index (χ0v) is 14.9. The molecule has 1 unspecified atom stereocenters. The maximum atomic E-state index is 13.8. The maximum absolute atomic E-state index is 13.8. The molecular formula is C18H24F2N4O. The van der Waals surface area contributed by atoms with Crippen molar-refractivity contribution in [3.05, 3.63) is 52.9 Å². The minimum Gasteiger partial charge on any atom is -0.359 e. The van der Waals surface area contributed by atoms with Gasteiger partial charge >= 0.3 is 0 Å². The molecule has 0 radical (unpaired) electrons. The van der Waals surface area contributed by atoms with Crippen LogP contribution in [0.1, 0.15) is 49.6 Å². The smallest absolute Gasteiger partial charge is 0.191 e. The van der Waals surface area contributed by atoms with Gasteiger partial charge in [-0.25, -0.2) is 8.78 Å². The van der Waals surface area contributed by atoms with Crippen LogP contribution in [0.4, 0.5) is 8.78 Å². The van der Waals surface area contributed by atoms with E-state index in [0.717, 1.165) is 11.8 Å². The molecule has 0 amide bonds. The van der Waals surface area contributed by atoms with Gasteiger partial charge in [0.1, 0.15) is 11.6 Å². The summed E-state index contributed by atoms with van der Waals surface area (Å²) in [4.78, 5) is 4.13. The van der Waals surface area contributed by atoms with Crippen molar-refractivity contribution in [2.24, 2.45) is 4.99 Å². The largest absolute Gasteiger partial charge is 0.359 e. The van der Waals surface area contributed by atoms with Gasteiger partial charge in [0, 0.05) is 31.6 Å². The number of guanidine groups is 1. The quantitative estimate of drug-likeness (QED) is 0.618. The van der Waals surface area contributed by atoms with Crippen molar-refractivity contribution in [2.45, 2.75) is 39.2 Å². The number of rotatable bonds is 6. The third-order valence-electron chi connectivity index (χ3n) is 3.89. The summed E-state index contributed by atoms with van der Waals surface area (Å²) in [7, 11) is 1.65. The van der Waals surface area contributed by atoms with Crippen LogP contribution in [0, 0.1) is 11.6 Å². The molecule has 0 aliphatic heterocycles. The van der Waals surface area contributed by atoms with Crippen LogP contribution in [0.5, 0.6) is 0 Å². The second kappa shape index (κ2) is 8.60. The van der Waals surface area contributed by atoms with E-state index in [-0.39, 0.29) is 5.92 Å². The minimum absolute atomic E-state index is 0.142. The summed E-state index contributed by atoms with van der Waals surface area (Å²) in [5.74, 6) is 0.325. The first-order valence-corrected chi connectivity index (χ1v) is 8.25. The molecule has 0 aliphatic carbocycles. The molecule has 0 spiro atoms. The molecule has 2 N–H and O–H groups in total. The highest BCUT2D eigenvalue weighted by molar-refractivity contribution is 5.79. The highest BCUT2D eigenvalue weighted by Crippen LogP contribution is 2.19. The van der Waals surface area contributed by atoms with Crippen molar-refractivity contribution in [1.82, 2.24) is 15.8 Å². The lowest BCUT2D eigenvalue weighted by atomic mass is 10.0. The van der Waals surface area contributed by atoms with Crippen molar-refractivity contribution < 1.29 is 13.3 Å². The minimum atomic E-state index is -0.577. The van der Waals surface area contributed by atoms with Crippen molar-refractivity contribution >= 4 is 5.96 Å². The fourth-order valence-electron chi connectivity index (χ4n) is 2.34. The number of aromatic nitrogens is 1. The van der Waals surface area contributed by atoms with Crippen molar-refractivity contribution in [3.8, 4) is 0 Å². The highest BCUT2D eigenvalue weighted by atomic mass is 19.1. The van der Waals surface area contributed by atoms with Crippen LogP contribution in [0.25, 0.3) is 0 Å². The van der Waals surface area contributed by atoms with Gasteiger partial charge in [0.15, 0.2) is 11.7 Å². The van der Waals surface area contributed by atoms with Gasteiger partial charge in [-0.2, -0.15) is 0 Å². The van der Waals surface area contributed by atoms with Gasteiger partial charge in [-0.15, -0.1) is 0 Å². The SMILES string of the molecule is CN=C(NCc1cc(C(C)C)no1)NCC(C)c1ccc(F)cc1F. The molecule has 1 heterocycles. The molecule has 0 saturated heterocycles. The van der Waals surface area contributed by atoms with Crippen LogP contribution in [0.2, 0.25) is 0 Å². The zero-order valence-electron chi connectivity index (χ0n) is 14.9. The number of hydrogen-bond donors (Lipinski definition) is 2.